The summed E-state index contributed by atoms with van der Waals surface area (Å²) in [4.78, 5) is 4.44. The normalized spacial score (nSPS) is 10.2. The highest BCUT2D eigenvalue weighted by atomic mass is 32.1. The molecule has 17 heavy (non-hydrogen) atoms. The first-order valence-electron chi connectivity index (χ1n) is 4.98. The van der Waals surface area contributed by atoms with E-state index in [1.807, 2.05) is 18.2 Å². The Morgan fingerprint density at radius 3 is 2.53 bits per heavy atom. The minimum atomic E-state index is 0.266. The number of fused-ring (bicyclic) bond motifs is 1. The number of methoxy groups -OCH3 is 2. The molecule has 0 spiro atoms. The van der Waals surface area contributed by atoms with Crippen molar-refractivity contribution in [1.29, 1.82) is 0 Å². The van der Waals surface area contributed by atoms with E-state index in [-0.39, 0.29) is 4.99 Å². The van der Waals surface area contributed by atoms with Gasteiger partial charge in [0.05, 0.1) is 14.2 Å². The number of benzene rings is 1. The zero-order valence-electron chi connectivity index (χ0n) is 9.56. The van der Waals surface area contributed by atoms with E-state index in [0.717, 1.165) is 10.8 Å². The lowest BCUT2D eigenvalue weighted by Crippen LogP contribution is -2.12. The number of hydrogen-bond acceptors (Lipinski definition) is 4. The lowest BCUT2D eigenvalue weighted by molar-refractivity contribution is 0.358. The monoisotopic (exact) mass is 248 g/mol. The van der Waals surface area contributed by atoms with Crippen LogP contribution in [0, 0.1) is 0 Å². The first-order valence-corrected chi connectivity index (χ1v) is 5.39. The predicted molar refractivity (Wildman–Crippen MR) is 70.7 cm³/mol. The molecule has 88 valence electrons. The van der Waals surface area contributed by atoms with Gasteiger partial charge in [-0.1, -0.05) is 12.2 Å². The third-order valence-corrected chi connectivity index (χ3v) is 2.71. The van der Waals surface area contributed by atoms with Crippen molar-refractivity contribution in [3.8, 4) is 11.5 Å². The van der Waals surface area contributed by atoms with Crippen molar-refractivity contribution in [2.24, 2.45) is 5.73 Å². The Kier molecular flexibility index (Phi) is 3.10. The maximum Gasteiger partial charge on any atom is 0.168 e. The summed E-state index contributed by atoms with van der Waals surface area (Å²) in [7, 11) is 3.19. The van der Waals surface area contributed by atoms with Gasteiger partial charge >= 0.3 is 0 Å². The summed E-state index contributed by atoms with van der Waals surface area (Å²) in [6, 6.07) is 5.53. The van der Waals surface area contributed by atoms with Crippen molar-refractivity contribution in [2.45, 2.75) is 0 Å². The van der Waals surface area contributed by atoms with Crippen LogP contribution in [0.1, 0.15) is 5.69 Å². The second-order valence-electron chi connectivity index (χ2n) is 3.42. The predicted octanol–water partition coefficient (Wildman–Crippen LogP) is 1.89. The number of hydrogen-bond donors (Lipinski definition) is 1. The summed E-state index contributed by atoms with van der Waals surface area (Å²) in [5.41, 5.74) is 6.23. The molecule has 2 N–H and O–H groups in total. The van der Waals surface area contributed by atoms with Gasteiger partial charge in [-0.05, 0) is 18.2 Å². The number of aromatic nitrogens is 1. The molecule has 4 nitrogen and oxygen atoms in total. The van der Waals surface area contributed by atoms with E-state index in [4.69, 9.17) is 27.4 Å². The summed E-state index contributed by atoms with van der Waals surface area (Å²) < 4.78 is 10.6. The smallest absolute Gasteiger partial charge is 0.168 e. The second kappa shape index (κ2) is 4.55. The van der Waals surface area contributed by atoms with Crippen molar-refractivity contribution in [3.05, 3.63) is 30.1 Å². The molecule has 0 atom stereocenters. The third kappa shape index (κ3) is 1.89. The van der Waals surface area contributed by atoms with Gasteiger partial charge < -0.3 is 15.2 Å². The van der Waals surface area contributed by atoms with E-state index in [2.05, 4.69) is 4.98 Å². The molecule has 0 bridgehead atoms. The molecular weight excluding hydrogens is 236 g/mol. The van der Waals surface area contributed by atoms with Gasteiger partial charge in [-0.3, -0.25) is 4.98 Å². The quantitative estimate of drug-likeness (QED) is 0.840. The SMILES string of the molecule is COc1ccc2c(C(N)=S)nccc2c1OC. The fraction of sp³-hybridized carbons (Fsp3) is 0.167. The van der Waals surface area contributed by atoms with Gasteiger partial charge in [0.25, 0.3) is 0 Å². The molecule has 5 heteroatoms. The van der Waals surface area contributed by atoms with Crippen molar-refractivity contribution in [2.75, 3.05) is 14.2 Å². The van der Waals surface area contributed by atoms with Crippen LogP contribution in [0.25, 0.3) is 10.8 Å². The van der Waals surface area contributed by atoms with E-state index in [9.17, 15) is 0 Å². The van der Waals surface area contributed by atoms with Crippen LogP contribution in [-0.2, 0) is 0 Å². The molecule has 0 unspecified atom stereocenters. The van der Waals surface area contributed by atoms with Crippen LogP contribution in [0.5, 0.6) is 11.5 Å². The number of ether oxygens (including phenoxy) is 2. The number of thiocarbonyl (C=S) groups is 1. The molecule has 0 saturated heterocycles. The first kappa shape index (κ1) is 11.6. The first-order chi connectivity index (χ1) is 8.19. The van der Waals surface area contributed by atoms with Crippen LogP contribution in [0.3, 0.4) is 0 Å². The maximum absolute atomic E-state index is 5.64. The molecule has 0 aliphatic carbocycles. The zero-order chi connectivity index (χ0) is 12.4. The zero-order valence-corrected chi connectivity index (χ0v) is 10.4. The average molecular weight is 248 g/mol. The van der Waals surface area contributed by atoms with Crippen LogP contribution in [0.15, 0.2) is 24.4 Å². The Bertz CT molecular complexity index is 584. The van der Waals surface area contributed by atoms with Gasteiger partial charge in [0, 0.05) is 17.0 Å². The van der Waals surface area contributed by atoms with Crippen molar-refractivity contribution in [3.63, 3.8) is 0 Å². The van der Waals surface area contributed by atoms with Crippen molar-refractivity contribution < 1.29 is 9.47 Å². The van der Waals surface area contributed by atoms with Gasteiger partial charge in [0.15, 0.2) is 11.5 Å². The van der Waals surface area contributed by atoms with Crippen LogP contribution in [0.4, 0.5) is 0 Å². The van der Waals surface area contributed by atoms with Crippen LogP contribution < -0.4 is 15.2 Å². The maximum atomic E-state index is 5.64. The highest BCUT2D eigenvalue weighted by Crippen LogP contribution is 2.35. The summed E-state index contributed by atoms with van der Waals surface area (Å²) in [6.07, 6.45) is 1.65. The topological polar surface area (TPSA) is 57.4 Å². The van der Waals surface area contributed by atoms with Gasteiger partial charge in [0.2, 0.25) is 0 Å². The highest BCUT2D eigenvalue weighted by Gasteiger charge is 2.12. The Labute approximate surface area is 104 Å². The summed E-state index contributed by atoms with van der Waals surface area (Å²) in [5, 5.41) is 1.74. The highest BCUT2D eigenvalue weighted by molar-refractivity contribution is 7.80. The molecule has 1 aromatic heterocycles. The summed E-state index contributed by atoms with van der Waals surface area (Å²) >= 11 is 4.97. The van der Waals surface area contributed by atoms with E-state index in [0.29, 0.717) is 17.2 Å². The van der Waals surface area contributed by atoms with Gasteiger partial charge in [0.1, 0.15) is 10.7 Å². The molecule has 0 saturated carbocycles. The molecule has 0 fully saturated rings. The minimum Gasteiger partial charge on any atom is -0.493 e. The number of nitrogens with zero attached hydrogens (tertiary/aromatic N) is 1. The molecule has 0 aliphatic heterocycles. The second-order valence-corrected chi connectivity index (χ2v) is 3.86. The molecule has 2 aromatic rings. The third-order valence-electron chi connectivity index (χ3n) is 2.52. The van der Waals surface area contributed by atoms with Crippen LogP contribution >= 0.6 is 12.2 Å². The largest absolute Gasteiger partial charge is 0.493 e. The van der Waals surface area contributed by atoms with Gasteiger partial charge in [-0.25, -0.2) is 0 Å². The molecule has 0 radical (unpaired) electrons. The minimum absolute atomic E-state index is 0.266. The molecule has 2 rings (SSSR count). The summed E-state index contributed by atoms with van der Waals surface area (Å²) in [5.74, 6) is 1.32. The van der Waals surface area contributed by atoms with E-state index in [1.165, 1.54) is 0 Å². The van der Waals surface area contributed by atoms with Crippen molar-refractivity contribution in [1.82, 2.24) is 4.98 Å². The number of rotatable bonds is 3. The number of nitrogens with two attached hydrogens (primary N) is 1. The molecule has 0 aliphatic rings. The van der Waals surface area contributed by atoms with E-state index >= 15 is 0 Å². The standard InChI is InChI=1S/C12H12N2O2S/c1-15-9-4-3-7-8(11(9)16-2)5-6-14-10(7)12(13)17/h3-6H,1-2H3,(H2,13,17). The number of pyridine rings is 1. The fourth-order valence-electron chi connectivity index (χ4n) is 1.78. The average Bonchev–Trinajstić information content (AvgIpc) is 2.36. The molecule has 1 aromatic carbocycles. The fourth-order valence-corrected chi connectivity index (χ4v) is 1.94. The van der Waals surface area contributed by atoms with Crippen molar-refractivity contribution >= 4 is 28.0 Å². The van der Waals surface area contributed by atoms with E-state index in [1.54, 1.807) is 20.4 Å². The molecule has 1 heterocycles. The summed E-state index contributed by atoms with van der Waals surface area (Å²) in [6.45, 7) is 0. The van der Waals surface area contributed by atoms with Crippen LogP contribution in [-0.4, -0.2) is 24.2 Å². The molecular formula is C12H12N2O2S. The molecule has 0 amide bonds. The van der Waals surface area contributed by atoms with E-state index < -0.39 is 0 Å². The Morgan fingerprint density at radius 2 is 1.94 bits per heavy atom. The lowest BCUT2D eigenvalue weighted by atomic mass is 10.1. The Hall–Kier alpha value is -1.88. The van der Waals surface area contributed by atoms with Crippen LogP contribution in [0.2, 0.25) is 0 Å². The Balaban J connectivity index is 2.83. The Morgan fingerprint density at radius 1 is 1.18 bits per heavy atom. The lowest BCUT2D eigenvalue weighted by Gasteiger charge is -2.11. The van der Waals surface area contributed by atoms with Gasteiger partial charge in [-0.2, -0.15) is 0 Å². The van der Waals surface area contributed by atoms with Gasteiger partial charge in [-0.15, -0.1) is 0 Å².